The van der Waals surface area contributed by atoms with Crippen LogP contribution in [-0.2, 0) is 4.74 Å². The van der Waals surface area contributed by atoms with Crippen molar-refractivity contribution in [1.29, 1.82) is 0 Å². The molecule has 0 amide bonds. The molecule has 1 aromatic carbocycles. The molecule has 0 aliphatic carbocycles. The van der Waals surface area contributed by atoms with E-state index in [0.717, 1.165) is 0 Å². The van der Waals surface area contributed by atoms with E-state index in [1.54, 1.807) is 18.2 Å². The number of nitrogens with one attached hydrogen (secondary N) is 1. The summed E-state index contributed by atoms with van der Waals surface area (Å²) < 4.78 is 39.7. The molecule has 0 saturated heterocycles. The van der Waals surface area contributed by atoms with E-state index in [0.29, 0.717) is 28.7 Å². The Balaban J connectivity index is 2.20. The molecule has 0 aliphatic heterocycles. The average molecular weight is 302 g/mol. The Morgan fingerprint density at radius 3 is 2.61 bits per heavy atom. The number of anilines is 1. The van der Waals surface area contributed by atoms with Crippen LogP contribution in [0.1, 0.15) is 6.42 Å². The van der Waals surface area contributed by atoms with Gasteiger partial charge in [0.2, 0.25) is 0 Å². The van der Waals surface area contributed by atoms with E-state index in [1.807, 2.05) is 0 Å². The molecule has 102 valence electrons. The second-order valence-electron chi connectivity index (χ2n) is 3.57. The van der Waals surface area contributed by atoms with Crippen molar-refractivity contribution in [3.63, 3.8) is 0 Å². The van der Waals surface area contributed by atoms with Gasteiger partial charge in [0.1, 0.15) is 6.61 Å². The molecule has 1 aromatic rings. The van der Waals surface area contributed by atoms with E-state index in [1.165, 1.54) is 0 Å². The van der Waals surface area contributed by atoms with Crippen LogP contribution in [0.2, 0.25) is 10.0 Å². The number of hydrogen-bond acceptors (Lipinski definition) is 2. The third-order valence-electron chi connectivity index (χ3n) is 1.98. The van der Waals surface area contributed by atoms with Crippen LogP contribution in [0.25, 0.3) is 0 Å². The van der Waals surface area contributed by atoms with Crippen molar-refractivity contribution >= 4 is 28.9 Å². The van der Waals surface area contributed by atoms with Gasteiger partial charge >= 0.3 is 6.18 Å². The maximum atomic E-state index is 11.8. The zero-order chi connectivity index (χ0) is 13.6. The van der Waals surface area contributed by atoms with Crippen LogP contribution < -0.4 is 5.32 Å². The Morgan fingerprint density at radius 1 is 1.22 bits per heavy atom. The standard InChI is InChI=1S/C11H12Cl2F3NO/c12-8-2-3-9(13)10(6-8)17-4-1-5-18-7-11(14,15)16/h2-3,6,17H,1,4-5,7H2. The smallest absolute Gasteiger partial charge is 0.384 e. The maximum Gasteiger partial charge on any atom is 0.411 e. The summed E-state index contributed by atoms with van der Waals surface area (Å²) in [4.78, 5) is 0. The third-order valence-corrected chi connectivity index (χ3v) is 2.54. The summed E-state index contributed by atoms with van der Waals surface area (Å²) in [6.07, 6.45) is -3.83. The molecule has 0 heterocycles. The lowest BCUT2D eigenvalue weighted by Crippen LogP contribution is -2.18. The largest absolute Gasteiger partial charge is 0.411 e. The lowest BCUT2D eigenvalue weighted by Gasteiger charge is -2.10. The Bertz CT molecular complexity index is 385. The highest BCUT2D eigenvalue weighted by Gasteiger charge is 2.27. The van der Waals surface area contributed by atoms with Crippen LogP contribution in [0.15, 0.2) is 18.2 Å². The van der Waals surface area contributed by atoms with E-state index >= 15 is 0 Å². The predicted octanol–water partition coefficient (Wildman–Crippen LogP) is 4.37. The zero-order valence-electron chi connectivity index (χ0n) is 9.36. The first-order chi connectivity index (χ1) is 8.38. The van der Waals surface area contributed by atoms with Crippen LogP contribution in [0.5, 0.6) is 0 Å². The number of ether oxygens (including phenoxy) is 1. The fraction of sp³-hybridized carbons (Fsp3) is 0.455. The minimum absolute atomic E-state index is 0.0324. The molecular weight excluding hydrogens is 290 g/mol. The summed E-state index contributed by atoms with van der Waals surface area (Å²) in [5.74, 6) is 0. The van der Waals surface area contributed by atoms with E-state index in [2.05, 4.69) is 10.1 Å². The van der Waals surface area contributed by atoms with E-state index in [4.69, 9.17) is 23.2 Å². The van der Waals surface area contributed by atoms with Gasteiger partial charge < -0.3 is 10.1 Å². The van der Waals surface area contributed by atoms with Crippen LogP contribution in [-0.4, -0.2) is 25.9 Å². The quantitative estimate of drug-likeness (QED) is 0.788. The molecule has 0 unspecified atom stereocenters. The summed E-state index contributed by atoms with van der Waals surface area (Å²) in [5.41, 5.74) is 0.653. The fourth-order valence-corrected chi connectivity index (χ4v) is 1.57. The fourth-order valence-electron chi connectivity index (χ4n) is 1.22. The van der Waals surface area contributed by atoms with Gasteiger partial charge in [0.05, 0.1) is 10.7 Å². The molecule has 0 atom stereocenters. The van der Waals surface area contributed by atoms with Crippen molar-refractivity contribution in [2.45, 2.75) is 12.6 Å². The van der Waals surface area contributed by atoms with Crippen molar-refractivity contribution in [3.8, 4) is 0 Å². The summed E-state index contributed by atoms with van der Waals surface area (Å²) in [6, 6.07) is 4.95. The van der Waals surface area contributed by atoms with E-state index < -0.39 is 12.8 Å². The first-order valence-electron chi connectivity index (χ1n) is 5.22. The van der Waals surface area contributed by atoms with Gasteiger partial charge in [0, 0.05) is 18.2 Å². The van der Waals surface area contributed by atoms with Crippen LogP contribution in [0, 0.1) is 0 Å². The molecule has 1 rings (SSSR count). The molecule has 1 N–H and O–H groups in total. The molecule has 0 radical (unpaired) electrons. The molecule has 0 bridgehead atoms. The van der Waals surface area contributed by atoms with Crippen LogP contribution in [0.4, 0.5) is 18.9 Å². The van der Waals surface area contributed by atoms with Gasteiger partial charge in [-0.15, -0.1) is 0 Å². The second-order valence-corrected chi connectivity index (χ2v) is 4.42. The lowest BCUT2D eigenvalue weighted by molar-refractivity contribution is -0.173. The molecular formula is C11H12Cl2F3NO. The van der Waals surface area contributed by atoms with Crippen molar-refractivity contribution in [1.82, 2.24) is 0 Å². The first-order valence-corrected chi connectivity index (χ1v) is 5.97. The Labute approximate surface area is 113 Å². The molecule has 0 aromatic heterocycles. The van der Waals surface area contributed by atoms with Gasteiger partial charge in [-0.25, -0.2) is 0 Å². The van der Waals surface area contributed by atoms with Crippen molar-refractivity contribution in [3.05, 3.63) is 28.2 Å². The number of halogens is 5. The highest BCUT2D eigenvalue weighted by Crippen LogP contribution is 2.25. The number of rotatable bonds is 6. The summed E-state index contributed by atoms with van der Waals surface area (Å²) >= 11 is 11.7. The summed E-state index contributed by atoms with van der Waals surface area (Å²) in [7, 11) is 0. The first kappa shape index (κ1) is 15.4. The SMILES string of the molecule is FC(F)(F)COCCCNc1cc(Cl)ccc1Cl. The predicted molar refractivity (Wildman–Crippen MR) is 66.4 cm³/mol. The van der Waals surface area contributed by atoms with Gasteiger partial charge in [-0.3, -0.25) is 0 Å². The van der Waals surface area contributed by atoms with E-state index in [9.17, 15) is 13.2 Å². The molecule has 0 fully saturated rings. The Kier molecular flexibility index (Phi) is 6.05. The molecule has 7 heteroatoms. The molecule has 18 heavy (non-hydrogen) atoms. The molecule has 0 saturated carbocycles. The monoisotopic (exact) mass is 301 g/mol. The van der Waals surface area contributed by atoms with Gasteiger partial charge in [-0.2, -0.15) is 13.2 Å². The number of alkyl halides is 3. The topological polar surface area (TPSA) is 21.3 Å². The van der Waals surface area contributed by atoms with Crippen molar-refractivity contribution in [2.75, 3.05) is 25.1 Å². The molecule has 0 spiro atoms. The number of benzene rings is 1. The van der Waals surface area contributed by atoms with Crippen LogP contribution in [0.3, 0.4) is 0 Å². The highest BCUT2D eigenvalue weighted by atomic mass is 35.5. The Hall–Kier alpha value is -0.650. The summed E-state index contributed by atoms with van der Waals surface area (Å²) in [5, 5.41) is 4.02. The summed E-state index contributed by atoms with van der Waals surface area (Å²) in [6.45, 7) is -0.729. The lowest BCUT2D eigenvalue weighted by atomic mass is 10.3. The van der Waals surface area contributed by atoms with Crippen LogP contribution >= 0.6 is 23.2 Å². The Morgan fingerprint density at radius 2 is 1.94 bits per heavy atom. The molecule has 0 aliphatic rings. The average Bonchev–Trinajstić information content (AvgIpc) is 2.26. The zero-order valence-corrected chi connectivity index (χ0v) is 10.9. The minimum atomic E-state index is -4.27. The van der Waals surface area contributed by atoms with E-state index in [-0.39, 0.29) is 6.61 Å². The number of hydrogen-bond donors (Lipinski definition) is 1. The second kappa shape index (κ2) is 7.07. The van der Waals surface area contributed by atoms with Crippen molar-refractivity contribution in [2.24, 2.45) is 0 Å². The molecule has 2 nitrogen and oxygen atoms in total. The van der Waals surface area contributed by atoms with Gasteiger partial charge in [0.15, 0.2) is 0 Å². The van der Waals surface area contributed by atoms with Gasteiger partial charge in [0.25, 0.3) is 0 Å². The highest BCUT2D eigenvalue weighted by molar-refractivity contribution is 6.35. The third kappa shape index (κ3) is 6.33. The maximum absolute atomic E-state index is 11.8. The van der Waals surface area contributed by atoms with Crippen molar-refractivity contribution < 1.29 is 17.9 Å². The normalized spacial score (nSPS) is 11.6. The van der Waals surface area contributed by atoms with Gasteiger partial charge in [-0.05, 0) is 24.6 Å². The van der Waals surface area contributed by atoms with Gasteiger partial charge in [-0.1, -0.05) is 23.2 Å². The minimum Gasteiger partial charge on any atom is -0.384 e.